The van der Waals surface area contributed by atoms with Gasteiger partial charge in [0.05, 0.1) is 0 Å². The largest absolute Gasteiger partial charge is 0.389 e. The third kappa shape index (κ3) is 3.51. The second-order valence-electron chi connectivity index (χ2n) is 4.77. The first-order valence-electron chi connectivity index (χ1n) is 4.98. The Balaban J connectivity index is 2.97. The van der Waals surface area contributed by atoms with E-state index in [1.54, 1.807) is 0 Å². The van der Waals surface area contributed by atoms with E-state index in [9.17, 15) is 0 Å². The SMILES string of the molecule is Cc1cc(NC(C)(C)C)ccc1C(N)=S. The van der Waals surface area contributed by atoms with E-state index in [1.165, 1.54) is 0 Å². The summed E-state index contributed by atoms with van der Waals surface area (Å²) in [6.45, 7) is 8.40. The molecule has 0 radical (unpaired) electrons. The van der Waals surface area contributed by atoms with E-state index < -0.39 is 0 Å². The molecule has 1 aromatic rings. The lowest BCUT2D eigenvalue weighted by Gasteiger charge is -2.22. The molecular weight excluding hydrogens is 204 g/mol. The molecule has 0 saturated carbocycles. The van der Waals surface area contributed by atoms with E-state index in [1.807, 2.05) is 19.1 Å². The van der Waals surface area contributed by atoms with Gasteiger partial charge in [-0.25, -0.2) is 0 Å². The Kier molecular flexibility index (Phi) is 3.35. The summed E-state index contributed by atoms with van der Waals surface area (Å²) in [5.41, 5.74) is 8.82. The van der Waals surface area contributed by atoms with Gasteiger partial charge in [-0.3, -0.25) is 0 Å². The van der Waals surface area contributed by atoms with Crippen molar-refractivity contribution in [2.45, 2.75) is 33.2 Å². The first kappa shape index (κ1) is 12.0. The lowest BCUT2D eigenvalue weighted by molar-refractivity contribution is 0.634. The van der Waals surface area contributed by atoms with Crippen molar-refractivity contribution in [1.29, 1.82) is 0 Å². The molecule has 3 N–H and O–H groups in total. The van der Waals surface area contributed by atoms with E-state index in [-0.39, 0.29) is 5.54 Å². The van der Waals surface area contributed by atoms with Crippen molar-refractivity contribution in [2.24, 2.45) is 5.73 Å². The fraction of sp³-hybridized carbons (Fsp3) is 0.417. The number of hydrogen-bond acceptors (Lipinski definition) is 2. The summed E-state index contributed by atoms with van der Waals surface area (Å²) in [5, 5.41) is 3.40. The third-order valence-corrected chi connectivity index (χ3v) is 2.23. The van der Waals surface area contributed by atoms with Gasteiger partial charge in [0, 0.05) is 16.8 Å². The molecule has 0 aromatic heterocycles. The summed E-state index contributed by atoms with van der Waals surface area (Å²) < 4.78 is 0. The summed E-state index contributed by atoms with van der Waals surface area (Å²) in [6.07, 6.45) is 0. The van der Waals surface area contributed by atoms with Crippen molar-refractivity contribution < 1.29 is 0 Å². The monoisotopic (exact) mass is 222 g/mol. The molecule has 3 heteroatoms. The molecule has 0 aliphatic carbocycles. The number of benzene rings is 1. The van der Waals surface area contributed by atoms with Crippen LogP contribution in [-0.4, -0.2) is 10.5 Å². The standard InChI is InChI=1S/C12H18N2S/c1-8-7-9(14-12(2,3)4)5-6-10(8)11(13)15/h5-7,14H,1-4H3,(H2,13,15). The Morgan fingerprint density at radius 2 is 1.93 bits per heavy atom. The first-order chi connectivity index (χ1) is 6.79. The van der Waals surface area contributed by atoms with Crippen molar-refractivity contribution in [3.63, 3.8) is 0 Å². The maximum Gasteiger partial charge on any atom is 0.104 e. The molecule has 0 amide bonds. The molecule has 82 valence electrons. The van der Waals surface area contributed by atoms with Gasteiger partial charge in [0.15, 0.2) is 0 Å². The van der Waals surface area contributed by atoms with Gasteiger partial charge >= 0.3 is 0 Å². The average Bonchev–Trinajstić information content (AvgIpc) is 1.99. The van der Waals surface area contributed by atoms with Gasteiger partial charge in [-0.2, -0.15) is 0 Å². The van der Waals surface area contributed by atoms with Crippen LogP contribution in [0.3, 0.4) is 0 Å². The van der Waals surface area contributed by atoms with Gasteiger partial charge in [-0.05, 0) is 51.5 Å². The number of rotatable bonds is 2. The van der Waals surface area contributed by atoms with Gasteiger partial charge in [-0.1, -0.05) is 12.2 Å². The molecule has 0 saturated heterocycles. The Morgan fingerprint density at radius 3 is 2.33 bits per heavy atom. The topological polar surface area (TPSA) is 38.0 Å². The number of anilines is 1. The second kappa shape index (κ2) is 4.19. The maximum atomic E-state index is 5.60. The van der Waals surface area contributed by atoms with Gasteiger partial charge in [-0.15, -0.1) is 0 Å². The minimum Gasteiger partial charge on any atom is -0.389 e. The molecule has 0 bridgehead atoms. The fourth-order valence-electron chi connectivity index (χ4n) is 1.45. The van der Waals surface area contributed by atoms with Gasteiger partial charge in [0.1, 0.15) is 4.99 Å². The van der Waals surface area contributed by atoms with Gasteiger partial charge in [0.2, 0.25) is 0 Å². The summed E-state index contributed by atoms with van der Waals surface area (Å²) >= 11 is 4.96. The van der Waals surface area contributed by atoms with Crippen LogP contribution in [0.1, 0.15) is 31.9 Å². The van der Waals surface area contributed by atoms with E-state index in [0.717, 1.165) is 16.8 Å². The molecule has 0 atom stereocenters. The Hall–Kier alpha value is -1.09. The molecular formula is C12H18N2S. The van der Waals surface area contributed by atoms with Crippen LogP contribution in [-0.2, 0) is 0 Å². The molecule has 0 fully saturated rings. The smallest absolute Gasteiger partial charge is 0.104 e. The van der Waals surface area contributed by atoms with Crippen LogP contribution in [0.25, 0.3) is 0 Å². The highest BCUT2D eigenvalue weighted by Gasteiger charge is 2.10. The predicted molar refractivity (Wildman–Crippen MR) is 70.4 cm³/mol. The van der Waals surface area contributed by atoms with Crippen LogP contribution in [0.4, 0.5) is 5.69 Å². The second-order valence-corrected chi connectivity index (χ2v) is 5.21. The first-order valence-corrected chi connectivity index (χ1v) is 5.39. The maximum absolute atomic E-state index is 5.60. The van der Waals surface area contributed by atoms with Crippen LogP contribution in [0, 0.1) is 6.92 Å². The van der Waals surface area contributed by atoms with Crippen LogP contribution in [0.2, 0.25) is 0 Å². The van der Waals surface area contributed by atoms with E-state index in [0.29, 0.717) is 4.99 Å². The van der Waals surface area contributed by atoms with E-state index >= 15 is 0 Å². The van der Waals surface area contributed by atoms with Crippen molar-refractivity contribution in [2.75, 3.05) is 5.32 Å². The molecule has 0 aliphatic rings. The zero-order valence-corrected chi connectivity index (χ0v) is 10.5. The van der Waals surface area contributed by atoms with Gasteiger partial charge < -0.3 is 11.1 Å². The fourth-order valence-corrected chi connectivity index (χ4v) is 1.68. The molecule has 15 heavy (non-hydrogen) atoms. The Morgan fingerprint density at radius 1 is 1.33 bits per heavy atom. The summed E-state index contributed by atoms with van der Waals surface area (Å²) in [7, 11) is 0. The van der Waals surface area contributed by atoms with Crippen LogP contribution < -0.4 is 11.1 Å². The highest BCUT2D eigenvalue weighted by molar-refractivity contribution is 7.80. The Bertz CT molecular complexity index is 378. The molecule has 1 aromatic carbocycles. The normalized spacial score (nSPS) is 11.2. The predicted octanol–water partition coefficient (Wildman–Crippen LogP) is 2.84. The number of nitrogens with two attached hydrogens (primary N) is 1. The molecule has 1 rings (SSSR count). The Labute approximate surface area is 96.9 Å². The zero-order valence-electron chi connectivity index (χ0n) is 9.72. The van der Waals surface area contributed by atoms with Crippen LogP contribution in [0.5, 0.6) is 0 Å². The van der Waals surface area contributed by atoms with Crippen molar-refractivity contribution in [1.82, 2.24) is 0 Å². The number of thiocarbonyl (C=S) groups is 1. The summed E-state index contributed by atoms with van der Waals surface area (Å²) in [4.78, 5) is 0.454. The van der Waals surface area contributed by atoms with E-state index in [2.05, 4.69) is 32.2 Å². The minimum absolute atomic E-state index is 0.0666. The van der Waals surface area contributed by atoms with E-state index in [4.69, 9.17) is 18.0 Å². The van der Waals surface area contributed by atoms with Crippen molar-refractivity contribution in [3.8, 4) is 0 Å². The molecule has 0 unspecified atom stereocenters. The molecule has 0 aliphatic heterocycles. The summed E-state index contributed by atoms with van der Waals surface area (Å²) in [5.74, 6) is 0. The van der Waals surface area contributed by atoms with Crippen molar-refractivity contribution in [3.05, 3.63) is 29.3 Å². The highest BCUT2D eigenvalue weighted by Crippen LogP contribution is 2.18. The number of nitrogens with one attached hydrogen (secondary N) is 1. The zero-order chi connectivity index (χ0) is 11.6. The number of aryl methyl sites for hydroxylation is 1. The molecule has 2 nitrogen and oxygen atoms in total. The lowest BCUT2D eigenvalue weighted by Crippen LogP contribution is -2.26. The molecule has 0 spiro atoms. The van der Waals surface area contributed by atoms with Crippen LogP contribution in [0.15, 0.2) is 18.2 Å². The lowest BCUT2D eigenvalue weighted by atomic mass is 10.1. The molecule has 0 heterocycles. The van der Waals surface area contributed by atoms with Gasteiger partial charge in [0.25, 0.3) is 0 Å². The quantitative estimate of drug-likeness (QED) is 0.756. The highest BCUT2D eigenvalue weighted by atomic mass is 32.1. The summed E-state index contributed by atoms with van der Waals surface area (Å²) in [6, 6.07) is 6.04. The van der Waals surface area contributed by atoms with Crippen molar-refractivity contribution >= 4 is 22.9 Å². The number of hydrogen-bond donors (Lipinski definition) is 2. The van der Waals surface area contributed by atoms with Crippen LogP contribution >= 0.6 is 12.2 Å². The average molecular weight is 222 g/mol. The third-order valence-electron chi connectivity index (χ3n) is 2.01. The minimum atomic E-state index is 0.0666.